The molecule has 0 spiro atoms. The highest BCUT2D eigenvalue weighted by atomic mass is 16.5. The molecule has 0 N–H and O–H groups in total. The maximum Gasteiger partial charge on any atom is 0.341 e. The van der Waals surface area contributed by atoms with Crippen molar-refractivity contribution in [1.82, 2.24) is 9.88 Å². The minimum atomic E-state index is -0.372. The summed E-state index contributed by atoms with van der Waals surface area (Å²) in [6.45, 7) is 3.30. The zero-order chi connectivity index (χ0) is 16.2. The van der Waals surface area contributed by atoms with Crippen LogP contribution in [-0.4, -0.2) is 55.0 Å². The van der Waals surface area contributed by atoms with Crippen LogP contribution in [-0.2, 0) is 9.53 Å². The van der Waals surface area contributed by atoms with Crippen LogP contribution in [0.3, 0.4) is 0 Å². The van der Waals surface area contributed by atoms with E-state index in [2.05, 4.69) is 9.88 Å². The second kappa shape index (κ2) is 6.98. The summed E-state index contributed by atoms with van der Waals surface area (Å²) in [5.74, 6) is 0.695. The van der Waals surface area contributed by atoms with Crippen molar-refractivity contribution in [2.75, 3.05) is 38.2 Å². The van der Waals surface area contributed by atoms with Gasteiger partial charge in [-0.2, -0.15) is 0 Å². The molecule has 0 bridgehead atoms. The summed E-state index contributed by atoms with van der Waals surface area (Å²) in [5, 5.41) is 0. The number of amides is 1. The Bertz CT molecular complexity index is 576. The minimum Gasteiger partial charge on any atom is -0.465 e. The molecule has 0 aliphatic carbocycles. The highest BCUT2D eigenvalue weighted by Crippen LogP contribution is 2.27. The van der Waals surface area contributed by atoms with Crippen LogP contribution in [0.4, 0.5) is 5.82 Å². The van der Waals surface area contributed by atoms with E-state index in [-0.39, 0.29) is 11.9 Å². The molecule has 6 nitrogen and oxygen atoms in total. The molecule has 2 fully saturated rings. The third-order valence-corrected chi connectivity index (χ3v) is 4.75. The number of nitrogens with zero attached hydrogens (tertiary/aromatic N) is 3. The molecule has 23 heavy (non-hydrogen) atoms. The lowest BCUT2D eigenvalue weighted by molar-refractivity contribution is -0.135. The van der Waals surface area contributed by atoms with Gasteiger partial charge < -0.3 is 14.5 Å². The molecule has 1 amide bonds. The van der Waals surface area contributed by atoms with Crippen molar-refractivity contribution in [1.29, 1.82) is 0 Å². The van der Waals surface area contributed by atoms with Gasteiger partial charge in [-0.15, -0.1) is 0 Å². The molecule has 0 radical (unpaired) electrons. The Morgan fingerprint density at radius 2 is 1.87 bits per heavy atom. The zero-order valence-electron chi connectivity index (χ0n) is 13.5. The van der Waals surface area contributed by atoms with Crippen molar-refractivity contribution in [3.63, 3.8) is 0 Å². The van der Waals surface area contributed by atoms with Gasteiger partial charge in [-0.05, 0) is 37.8 Å². The summed E-state index contributed by atoms with van der Waals surface area (Å²) < 4.78 is 4.83. The van der Waals surface area contributed by atoms with Gasteiger partial charge in [-0.25, -0.2) is 9.78 Å². The Balaban J connectivity index is 1.65. The number of rotatable bonds is 3. The van der Waals surface area contributed by atoms with E-state index in [4.69, 9.17) is 4.74 Å². The Kier molecular flexibility index (Phi) is 4.79. The molecule has 0 atom stereocenters. The van der Waals surface area contributed by atoms with Crippen LogP contribution in [0.1, 0.15) is 36.0 Å². The number of anilines is 1. The van der Waals surface area contributed by atoms with Crippen molar-refractivity contribution in [3.05, 3.63) is 23.9 Å². The van der Waals surface area contributed by atoms with Crippen molar-refractivity contribution in [2.24, 2.45) is 5.92 Å². The quantitative estimate of drug-likeness (QED) is 0.794. The number of ether oxygens (including phenoxy) is 1. The summed E-state index contributed by atoms with van der Waals surface area (Å²) in [5.41, 5.74) is 0.485. The van der Waals surface area contributed by atoms with Crippen LogP contribution < -0.4 is 4.90 Å². The summed E-state index contributed by atoms with van der Waals surface area (Å²) in [6, 6.07) is 3.47. The molecular formula is C17H23N3O3. The van der Waals surface area contributed by atoms with E-state index >= 15 is 0 Å². The largest absolute Gasteiger partial charge is 0.465 e. The molecule has 0 unspecified atom stereocenters. The molecule has 2 aliphatic heterocycles. The number of carbonyl (C=O) groups excluding carboxylic acids is 2. The van der Waals surface area contributed by atoms with Crippen molar-refractivity contribution in [2.45, 2.75) is 25.7 Å². The van der Waals surface area contributed by atoms with Gasteiger partial charge in [0.25, 0.3) is 0 Å². The summed E-state index contributed by atoms with van der Waals surface area (Å²) in [6.07, 6.45) is 5.56. The van der Waals surface area contributed by atoms with Gasteiger partial charge in [0, 0.05) is 38.3 Å². The Morgan fingerprint density at radius 1 is 1.17 bits per heavy atom. The Morgan fingerprint density at radius 3 is 2.52 bits per heavy atom. The highest BCUT2D eigenvalue weighted by molar-refractivity contribution is 5.94. The first-order valence-electron chi connectivity index (χ1n) is 8.28. The van der Waals surface area contributed by atoms with Crippen LogP contribution in [0.15, 0.2) is 18.3 Å². The lowest BCUT2D eigenvalue weighted by atomic mass is 9.95. The van der Waals surface area contributed by atoms with E-state index < -0.39 is 0 Å². The number of hydrogen-bond acceptors (Lipinski definition) is 5. The fourth-order valence-corrected chi connectivity index (χ4v) is 3.45. The number of aromatic nitrogens is 1. The standard InChI is InChI=1S/C17H23N3O3/c1-23-17(22)14-5-4-8-18-15(14)19-11-6-13(7-12-19)16(21)20-9-2-3-10-20/h4-5,8,13H,2-3,6-7,9-12H2,1H3. The molecule has 1 aromatic rings. The van der Waals surface area contributed by atoms with Crippen molar-refractivity contribution in [3.8, 4) is 0 Å². The second-order valence-corrected chi connectivity index (χ2v) is 6.16. The van der Waals surface area contributed by atoms with Gasteiger partial charge in [0.05, 0.1) is 7.11 Å². The van der Waals surface area contributed by atoms with Crippen LogP contribution in [0.2, 0.25) is 0 Å². The van der Waals surface area contributed by atoms with Crippen molar-refractivity contribution < 1.29 is 14.3 Å². The number of carbonyl (C=O) groups is 2. The van der Waals surface area contributed by atoms with E-state index in [1.165, 1.54) is 7.11 Å². The maximum atomic E-state index is 12.5. The molecule has 3 heterocycles. The number of methoxy groups -OCH3 is 1. The minimum absolute atomic E-state index is 0.106. The predicted molar refractivity (Wildman–Crippen MR) is 86.3 cm³/mol. The first-order valence-corrected chi connectivity index (χ1v) is 8.28. The van der Waals surface area contributed by atoms with E-state index in [1.54, 1.807) is 18.3 Å². The monoisotopic (exact) mass is 317 g/mol. The molecule has 0 aromatic carbocycles. The van der Waals surface area contributed by atoms with Gasteiger partial charge in [0.2, 0.25) is 5.91 Å². The number of hydrogen-bond donors (Lipinski definition) is 0. The Labute approximate surface area is 136 Å². The lowest BCUT2D eigenvalue weighted by Gasteiger charge is -2.34. The zero-order valence-corrected chi connectivity index (χ0v) is 13.5. The van der Waals surface area contributed by atoms with E-state index in [9.17, 15) is 9.59 Å². The number of esters is 1. The summed E-state index contributed by atoms with van der Waals surface area (Å²) in [4.78, 5) is 32.8. The van der Waals surface area contributed by atoms with Gasteiger partial charge in [0.15, 0.2) is 0 Å². The van der Waals surface area contributed by atoms with Crippen LogP contribution in [0.5, 0.6) is 0 Å². The molecule has 0 saturated carbocycles. The molecule has 124 valence electrons. The van der Waals surface area contributed by atoms with Gasteiger partial charge in [-0.1, -0.05) is 0 Å². The van der Waals surface area contributed by atoms with Crippen LogP contribution >= 0.6 is 0 Å². The summed E-state index contributed by atoms with van der Waals surface area (Å²) in [7, 11) is 1.38. The van der Waals surface area contributed by atoms with Crippen LogP contribution in [0.25, 0.3) is 0 Å². The Hall–Kier alpha value is -2.11. The van der Waals surface area contributed by atoms with E-state index in [0.717, 1.165) is 51.9 Å². The molecule has 6 heteroatoms. The number of piperidine rings is 1. The SMILES string of the molecule is COC(=O)c1cccnc1N1CCC(C(=O)N2CCCC2)CC1. The lowest BCUT2D eigenvalue weighted by Crippen LogP contribution is -2.42. The average Bonchev–Trinajstić information content (AvgIpc) is 3.15. The van der Waals surface area contributed by atoms with Crippen LogP contribution in [0, 0.1) is 5.92 Å². The predicted octanol–water partition coefficient (Wildman–Crippen LogP) is 1.71. The fourth-order valence-electron chi connectivity index (χ4n) is 3.45. The topological polar surface area (TPSA) is 62.7 Å². The first kappa shape index (κ1) is 15.8. The third kappa shape index (κ3) is 3.30. The number of likely N-dealkylation sites (tertiary alicyclic amines) is 1. The molecule has 3 rings (SSSR count). The number of pyridine rings is 1. The van der Waals surface area contributed by atoms with E-state index in [0.29, 0.717) is 17.3 Å². The first-order chi connectivity index (χ1) is 11.2. The highest BCUT2D eigenvalue weighted by Gasteiger charge is 2.31. The van der Waals surface area contributed by atoms with Gasteiger partial charge >= 0.3 is 5.97 Å². The fraction of sp³-hybridized carbons (Fsp3) is 0.588. The smallest absolute Gasteiger partial charge is 0.341 e. The van der Waals surface area contributed by atoms with E-state index in [1.807, 2.05) is 4.90 Å². The molecular weight excluding hydrogens is 294 g/mol. The molecule has 2 saturated heterocycles. The van der Waals surface area contributed by atoms with Crippen molar-refractivity contribution >= 4 is 17.7 Å². The third-order valence-electron chi connectivity index (χ3n) is 4.75. The normalized spacial score (nSPS) is 19.0. The average molecular weight is 317 g/mol. The maximum absolute atomic E-state index is 12.5. The summed E-state index contributed by atoms with van der Waals surface area (Å²) >= 11 is 0. The second-order valence-electron chi connectivity index (χ2n) is 6.16. The molecule has 1 aromatic heterocycles. The van der Waals surface area contributed by atoms with Gasteiger partial charge in [-0.3, -0.25) is 4.79 Å². The molecule has 2 aliphatic rings. The van der Waals surface area contributed by atoms with Gasteiger partial charge in [0.1, 0.15) is 11.4 Å².